The molecule has 2 aromatic carbocycles. The molecule has 0 aromatic heterocycles. The van der Waals surface area contributed by atoms with Gasteiger partial charge in [0, 0.05) is 43.4 Å². The highest BCUT2D eigenvalue weighted by Gasteiger charge is 2.21. The van der Waals surface area contributed by atoms with E-state index in [0.717, 1.165) is 36.8 Å². The van der Waals surface area contributed by atoms with Gasteiger partial charge in [-0.1, -0.05) is 35.9 Å². The molecule has 1 fully saturated rings. The molecule has 1 heterocycles. The first kappa shape index (κ1) is 21.1. The topological polar surface area (TPSA) is 35.9 Å². The summed E-state index contributed by atoms with van der Waals surface area (Å²) in [5, 5.41) is 11.1. The maximum absolute atomic E-state index is 10.4. The van der Waals surface area contributed by atoms with Crippen LogP contribution in [-0.2, 0) is 4.74 Å². The summed E-state index contributed by atoms with van der Waals surface area (Å²) in [7, 11) is 0. The zero-order chi connectivity index (χ0) is 20.1. The molecule has 0 saturated carbocycles. The Kier molecular flexibility index (Phi) is 7.36. The molecule has 1 saturated heterocycles. The number of hydrogen-bond donors (Lipinski definition) is 1. The molecular weight excluding hydrogens is 372 g/mol. The number of benzene rings is 2. The minimum absolute atomic E-state index is 0.0620. The summed E-state index contributed by atoms with van der Waals surface area (Å²) < 4.78 is 5.86. The van der Waals surface area contributed by atoms with Crippen molar-refractivity contribution in [2.75, 3.05) is 44.2 Å². The lowest BCUT2D eigenvalue weighted by Crippen LogP contribution is -2.49. The van der Waals surface area contributed by atoms with Crippen molar-refractivity contribution in [2.45, 2.75) is 33.0 Å². The molecule has 28 heavy (non-hydrogen) atoms. The number of β-amino-alcohol motifs (C(OH)–C–C–N with tert-alkyl or cyclic N) is 1. The molecule has 3 rings (SSSR count). The Morgan fingerprint density at radius 3 is 2.39 bits per heavy atom. The standard InChI is InChI=1S/C23H31ClN2O2/c1-17-5-4-6-23(18(17)2)26-13-11-25(12-14-26)15-22(27)16-28-19(3)20-7-9-21(24)10-8-20/h4-10,19,22,27H,11-16H2,1-3H3. The predicted octanol–water partition coefficient (Wildman–Crippen LogP) is 4.22. The number of piperazine rings is 1. The number of aryl methyl sites for hydroxylation is 1. The van der Waals surface area contributed by atoms with Crippen molar-refractivity contribution in [1.29, 1.82) is 0 Å². The number of hydrogen-bond acceptors (Lipinski definition) is 4. The van der Waals surface area contributed by atoms with E-state index in [4.69, 9.17) is 16.3 Å². The van der Waals surface area contributed by atoms with Crippen molar-refractivity contribution in [3.63, 3.8) is 0 Å². The molecule has 1 N–H and O–H groups in total. The molecular formula is C23H31ClN2O2. The summed E-state index contributed by atoms with van der Waals surface area (Å²) in [6, 6.07) is 14.2. The van der Waals surface area contributed by atoms with Gasteiger partial charge in [0.25, 0.3) is 0 Å². The zero-order valence-electron chi connectivity index (χ0n) is 17.1. The molecule has 2 unspecified atom stereocenters. The normalized spacial score (nSPS) is 17.5. The van der Waals surface area contributed by atoms with Crippen molar-refractivity contribution < 1.29 is 9.84 Å². The summed E-state index contributed by atoms with van der Waals surface area (Å²) in [6.45, 7) is 11.2. The lowest BCUT2D eigenvalue weighted by atomic mass is 10.1. The van der Waals surface area contributed by atoms with E-state index in [0.29, 0.717) is 13.2 Å². The minimum atomic E-state index is -0.484. The Morgan fingerprint density at radius 2 is 1.71 bits per heavy atom. The zero-order valence-corrected chi connectivity index (χ0v) is 17.8. The van der Waals surface area contributed by atoms with Gasteiger partial charge in [-0.2, -0.15) is 0 Å². The summed E-state index contributed by atoms with van der Waals surface area (Å²) in [4.78, 5) is 4.77. The number of ether oxygens (including phenoxy) is 1. The Hall–Kier alpha value is -1.59. The summed E-state index contributed by atoms with van der Waals surface area (Å²) in [5.41, 5.74) is 5.10. The smallest absolute Gasteiger partial charge is 0.0900 e. The van der Waals surface area contributed by atoms with E-state index in [1.165, 1.54) is 16.8 Å². The number of nitrogens with zero attached hydrogens (tertiary/aromatic N) is 2. The van der Waals surface area contributed by atoms with Crippen LogP contribution in [0.1, 0.15) is 29.7 Å². The van der Waals surface area contributed by atoms with Gasteiger partial charge >= 0.3 is 0 Å². The third-order valence-electron chi connectivity index (χ3n) is 5.64. The van der Waals surface area contributed by atoms with E-state index >= 15 is 0 Å². The van der Waals surface area contributed by atoms with Crippen LogP contribution in [-0.4, -0.2) is 55.4 Å². The Morgan fingerprint density at radius 1 is 1.04 bits per heavy atom. The van der Waals surface area contributed by atoms with E-state index in [2.05, 4.69) is 41.8 Å². The van der Waals surface area contributed by atoms with E-state index in [1.807, 2.05) is 31.2 Å². The largest absolute Gasteiger partial charge is 0.389 e. The summed E-state index contributed by atoms with van der Waals surface area (Å²) >= 11 is 5.93. The lowest BCUT2D eigenvalue weighted by Gasteiger charge is -2.37. The lowest BCUT2D eigenvalue weighted by molar-refractivity contribution is -0.0162. The molecule has 0 radical (unpaired) electrons. The van der Waals surface area contributed by atoms with Crippen LogP contribution >= 0.6 is 11.6 Å². The van der Waals surface area contributed by atoms with Crippen LogP contribution in [0.15, 0.2) is 42.5 Å². The Labute approximate surface area is 173 Å². The van der Waals surface area contributed by atoms with Crippen LogP contribution in [0.2, 0.25) is 5.02 Å². The highest BCUT2D eigenvalue weighted by Crippen LogP contribution is 2.24. The average molecular weight is 403 g/mol. The van der Waals surface area contributed by atoms with Gasteiger partial charge in [-0.3, -0.25) is 4.90 Å². The van der Waals surface area contributed by atoms with Gasteiger partial charge in [0.1, 0.15) is 0 Å². The molecule has 0 aliphatic carbocycles. The fourth-order valence-corrected chi connectivity index (χ4v) is 3.81. The van der Waals surface area contributed by atoms with Gasteiger partial charge in [-0.15, -0.1) is 0 Å². The van der Waals surface area contributed by atoms with Crippen molar-refractivity contribution >= 4 is 17.3 Å². The highest BCUT2D eigenvalue weighted by molar-refractivity contribution is 6.30. The first-order valence-corrected chi connectivity index (χ1v) is 10.4. The van der Waals surface area contributed by atoms with Gasteiger partial charge in [0.2, 0.25) is 0 Å². The number of rotatable bonds is 7. The maximum atomic E-state index is 10.4. The molecule has 2 aromatic rings. The van der Waals surface area contributed by atoms with Crippen LogP contribution < -0.4 is 4.90 Å². The Balaban J connectivity index is 1.43. The molecule has 0 spiro atoms. The number of halogens is 1. The second-order valence-electron chi connectivity index (χ2n) is 7.69. The first-order valence-electron chi connectivity index (χ1n) is 10.0. The summed E-state index contributed by atoms with van der Waals surface area (Å²) in [6.07, 6.45) is -0.546. The fraction of sp³-hybridized carbons (Fsp3) is 0.478. The molecule has 1 aliphatic rings. The molecule has 4 nitrogen and oxygen atoms in total. The second kappa shape index (κ2) is 9.75. The molecule has 0 bridgehead atoms. The quantitative estimate of drug-likeness (QED) is 0.752. The van der Waals surface area contributed by atoms with Crippen molar-refractivity contribution in [1.82, 2.24) is 4.90 Å². The van der Waals surface area contributed by atoms with Crippen molar-refractivity contribution in [2.24, 2.45) is 0 Å². The van der Waals surface area contributed by atoms with E-state index in [9.17, 15) is 5.11 Å². The van der Waals surface area contributed by atoms with Gasteiger partial charge in [0.05, 0.1) is 18.8 Å². The fourth-order valence-electron chi connectivity index (χ4n) is 3.69. The van der Waals surface area contributed by atoms with Gasteiger partial charge in [-0.05, 0) is 55.7 Å². The summed E-state index contributed by atoms with van der Waals surface area (Å²) in [5.74, 6) is 0. The van der Waals surface area contributed by atoms with Gasteiger partial charge in [-0.25, -0.2) is 0 Å². The van der Waals surface area contributed by atoms with E-state index in [1.54, 1.807) is 0 Å². The number of aliphatic hydroxyl groups is 1. The second-order valence-corrected chi connectivity index (χ2v) is 8.12. The van der Waals surface area contributed by atoms with Crippen LogP contribution in [0.5, 0.6) is 0 Å². The first-order chi connectivity index (χ1) is 13.4. The molecule has 0 amide bonds. The number of anilines is 1. The molecule has 1 aliphatic heterocycles. The maximum Gasteiger partial charge on any atom is 0.0900 e. The molecule has 152 valence electrons. The highest BCUT2D eigenvalue weighted by atomic mass is 35.5. The number of aliphatic hydroxyl groups excluding tert-OH is 1. The Bertz CT molecular complexity index is 758. The third-order valence-corrected chi connectivity index (χ3v) is 5.89. The molecule has 2 atom stereocenters. The van der Waals surface area contributed by atoms with Crippen LogP contribution in [0.25, 0.3) is 0 Å². The van der Waals surface area contributed by atoms with Crippen LogP contribution in [0.4, 0.5) is 5.69 Å². The average Bonchev–Trinajstić information content (AvgIpc) is 2.69. The SMILES string of the molecule is Cc1cccc(N2CCN(CC(O)COC(C)c3ccc(Cl)cc3)CC2)c1C. The van der Waals surface area contributed by atoms with E-state index < -0.39 is 6.10 Å². The van der Waals surface area contributed by atoms with Gasteiger partial charge in [0.15, 0.2) is 0 Å². The predicted molar refractivity (Wildman–Crippen MR) is 116 cm³/mol. The third kappa shape index (κ3) is 5.48. The van der Waals surface area contributed by atoms with Crippen LogP contribution in [0, 0.1) is 13.8 Å². The van der Waals surface area contributed by atoms with Gasteiger partial charge < -0.3 is 14.7 Å². The van der Waals surface area contributed by atoms with Crippen LogP contribution in [0.3, 0.4) is 0 Å². The monoisotopic (exact) mass is 402 g/mol. The van der Waals surface area contributed by atoms with Crippen molar-refractivity contribution in [3.8, 4) is 0 Å². The molecule has 5 heteroatoms. The minimum Gasteiger partial charge on any atom is -0.389 e. The van der Waals surface area contributed by atoms with E-state index in [-0.39, 0.29) is 6.10 Å². The van der Waals surface area contributed by atoms with Crippen molar-refractivity contribution in [3.05, 3.63) is 64.2 Å².